The molecule has 0 saturated carbocycles. The first kappa shape index (κ1) is 18.4. The van der Waals surface area contributed by atoms with Gasteiger partial charge in [-0.05, 0) is 23.8 Å². The standard InChI is InChI=1S/C21H21N3O3/c1-26-19-9-8-15(10-20(19)27-2)11-21(25)22-13-17-12-18(24-14-23-17)16-6-4-3-5-7-16/h3-10,12,14H,11,13H2,1-2H3,(H,22,25). The van der Waals surface area contributed by atoms with Crippen molar-refractivity contribution in [1.29, 1.82) is 0 Å². The van der Waals surface area contributed by atoms with E-state index < -0.39 is 0 Å². The molecule has 0 aliphatic rings. The van der Waals surface area contributed by atoms with Gasteiger partial charge in [0.1, 0.15) is 6.33 Å². The largest absolute Gasteiger partial charge is 0.493 e. The maximum Gasteiger partial charge on any atom is 0.224 e. The third-order valence-corrected chi connectivity index (χ3v) is 4.07. The molecule has 2 aromatic carbocycles. The van der Waals surface area contributed by atoms with Gasteiger partial charge in [0.2, 0.25) is 5.91 Å². The van der Waals surface area contributed by atoms with Crippen LogP contribution in [0.4, 0.5) is 0 Å². The highest BCUT2D eigenvalue weighted by Crippen LogP contribution is 2.27. The van der Waals surface area contributed by atoms with Crippen LogP contribution < -0.4 is 14.8 Å². The summed E-state index contributed by atoms with van der Waals surface area (Å²) >= 11 is 0. The van der Waals surface area contributed by atoms with Gasteiger partial charge in [-0.2, -0.15) is 0 Å². The minimum Gasteiger partial charge on any atom is -0.493 e. The number of nitrogens with zero attached hydrogens (tertiary/aromatic N) is 2. The highest BCUT2D eigenvalue weighted by Gasteiger charge is 2.09. The first-order valence-corrected chi connectivity index (χ1v) is 8.53. The molecule has 0 spiro atoms. The molecule has 1 amide bonds. The van der Waals surface area contributed by atoms with E-state index in [1.165, 1.54) is 6.33 Å². The van der Waals surface area contributed by atoms with Crippen LogP contribution in [0, 0.1) is 0 Å². The van der Waals surface area contributed by atoms with Crippen LogP contribution in [0.25, 0.3) is 11.3 Å². The van der Waals surface area contributed by atoms with E-state index in [0.29, 0.717) is 18.0 Å². The molecule has 6 nitrogen and oxygen atoms in total. The molecule has 1 aromatic heterocycles. The number of carbonyl (C=O) groups is 1. The van der Waals surface area contributed by atoms with Crippen molar-refractivity contribution in [3.8, 4) is 22.8 Å². The molecule has 0 fully saturated rings. The number of benzene rings is 2. The Hall–Kier alpha value is -3.41. The molecule has 0 radical (unpaired) electrons. The lowest BCUT2D eigenvalue weighted by Crippen LogP contribution is -2.25. The highest BCUT2D eigenvalue weighted by molar-refractivity contribution is 5.78. The van der Waals surface area contributed by atoms with Gasteiger partial charge in [-0.1, -0.05) is 36.4 Å². The van der Waals surface area contributed by atoms with E-state index in [2.05, 4.69) is 15.3 Å². The van der Waals surface area contributed by atoms with Crippen molar-refractivity contribution in [2.45, 2.75) is 13.0 Å². The van der Waals surface area contributed by atoms with Gasteiger partial charge in [-0.25, -0.2) is 9.97 Å². The molecule has 6 heteroatoms. The Morgan fingerprint density at radius 1 is 0.963 bits per heavy atom. The quantitative estimate of drug-likeness (QED) is 0.698. The molecule has 0 saturated heterocycles. The van der Waals surface area contributed by atoms with Crippen molar-refractivity contribution >= 4 is 5.91 Å². The number of hydrogen-bond acceptors (Lipinski definition) is 5. The summed E-state index contributed by atoms with van der Waals surface area (Å²) in [6.45, 7) is 0.342. The molecule has 0 aliphatic heterocycles. The first-order chi connectivity index (χ1) is 13.2. The molecule has 1 N–H and O–H groups in total. The van der Waals surface area contributed by atoms with E-state index in [-0.39, 0.29) is 12.3 Å². The Morgan fingerprint density at radius 3 is 2.48 bits per heavy atom. The van der Waals surface area contributed by atoms with Gasteiger partial charge in [0.05, 0.1) is 38.6 Å². The summed E-state index contributed by atoms with van der Waals surface area (Å²) in [5.41, 5.74) is 3.44. The van der Waals surface area contributed by atoms with Crippen molar-refractivity contribution < 1.29 is 14.3 Å². The van der Waals surface area contributed by atoms with E-state index in [4.69, 9.17) is 9.47 Å². The van der Waals surface area contributed by atoms with Crippen LogP contribution >= 0.6 is 0 Å². The molecule has 138 valence electrons. The predicted molar refractivity (Wildman–Crippen MR) is 103 cm³/mol. The Kier molecular flexibility index (Phi) is 5.99. The summed E-state index contributed by atoms with van der Waals surface area (Å²) in [5.74, 6) is 1.14. The van der Waals surface area contributed by atoms with Crippen LogP contribution in [0.3, 0.4) is 0 Å². The lowest BCUT2D eigenvalue weighted by Gasteiger charge is -2.10. The normalized spacial score (nSPS) is 10.3. The van der Waals surface area contributed by atoms with E-state index in [0.717, 1.165) is 22.5 Å². The second kappa shape index (κ2) is 8.80. The van der Waals surface area contributed by atoms with Crippen molar-refractivity contribution in [3.63, 3.8) is 0 Å². The Morgan fingerprint density at radius 2 is 1.74 bits per heavy atom. The second-order valence-corrected chi connectivity index (χ2v) is 5.90. The van der Waals surface area contributed by atoms with Crippen LogP contribution in [-0.4, -0.2) is 30.1 Å². The molecule has 3 aromatic rings. The van der Waals surface area contributed by atoms with Gasteiger partial charge in [0, 0.05) is 5.56 Å². The van der Waals surface area contributed by atoms with Crippen molar-refractivity contribution in [1.82, 2.24) is 15.3 Å². The van der Waals surface area contributed by atoms with Crippen molar-refractivity contribution in [3.05, 3.63) is 72.2 Å². The third-order valence-electron chi connectivity index (χ3n) is 4.07. The lowest BCUT2D eigenvalue weighted by molar-refractivity contribution is -0.120. The SMILES string of the molecule is COc1ccc(CC(=O)NCc2cc(-c3ccccc3)ncn2)cc1OC. The molecule has 0 aliphatic carbocycles. The number of methoxy groups -OCH3 is 2. The smallest absolute Gasteiger partial charge is 0.224 e. The van der Waals surface area contributed by atoms with Crippen molar-refractivity contribution in [2.24, 2.45) is 0 Å². The zero-order valence-electron chi connectivity index (χ0n) is 15.3. The number of nitrogens with one attached hydrogen (secondary N) is 1. The molecule has 27 heavy (non-hydrogen) atoms. The summed E-state index contributed by atoms with van der Waals surface area (Å²) in [6, 6.07) is 17.2. The van der Waals surface area contributed by atoms with Gasteiger partial charge in [-0.15, -0.1) is 0 Å². The zero-order valence-corrected chi connectivity index (χ0v) is 15.3. The van der Waals surface area contributed by atoms with E-state index in [1.54, 1.807) is 26.4 Å². The molecule has 0 bridgehead atoms. The third kappa shape index (κ3) is 4.82. The summed E-state index contributed by atoms with van der Waals surface area (Å²) < 4.78 is 10.5. The van der Waals surface area contributed by atoms with Gasteiger partial charge in [0.25, 0.3) is 0 Å². The van der Waals surface area contributed by atoms with Gasteiger partial charge >= 0.3 is 0 Å². The average molecular weight is 363 g/mol. The van der Waals surface area contributed by atoms with E-state index in [1.807, 2.05) is 42.5 Å². The van der Waals surface area contributed by atoms with Crippen LogP contribution in [0.2, 0.25) is 0 Å². The molecule has 0 atom stereocenters. The maximum atomic E-state index is 12.3. The molecular weight excluding hydrogens is 342 g/mol. The lowest BCUT2D eigenvalue weighted by atomic mass is 10.1. The van der Waals surface area contributed by atoms with Crippen LogP contribution in [-0.2, 0) is 17.8 Å². The highest BCUT2D eigenvalue weighted by atomic mass is 16.5. The summed E-state index contributed by atoms with van der Waals surface area (Å²) in [4.78, 5) is 20.8. The summed E-state index contributed by atoms with van der Waals surface area (Å²) in [5, 5.41) is 2.89. The topological polar surface area (TPSA) is 73.3 Å². The first-order valence-electron chi connectivity index (χ1n) is 8.53. The van der Waals surface area contributed by atoms with Crippen molar-refractivity contribution in [2.75, 3.05) is 14.2 Å². The minimum absolute atomic E-state index is 0.0953. The monoisotopic (exact) mass is 363 g/mol. The van der Waals surface area contributed by atoms with Gasteiger partial charge in [0.15, 0.2) is 11.5 Å². The fraction of sp³-hybridized carbons (Fsp3) is 0.190. The number of amides is 1. The molecule has 3 rings (SSSR count). The molecule has 0 unspecified atom stereocenters. The number of aromatic nitrogens is 2. The predicted octanol–water partition coefficient (Wildman–Crippen LogP) is 3.02. The van der Waals surface area contributed by atoms with E-state index in [9.17, 15) is 4.79 Å². The van der Waals surface area contributed by atoms with Gasteiger partial charge < -0.3 is 14.8 Å². The number of carbonyl (C=O) groups excluding carboxylic acids is 1. The van der Waals surface area contributed by atoms with Crippen LogP contribution in [0.15, 0.2) is 60.9 Å². The fourth-order valence-corrected chi connectivity index (χ4v) is 2.69. The number of ether oxygens (including phenoxy) is 2. The summed E-state index contributed by atoms with van der Waals surface area (Å²) in [7, 11) is 3.15. The average Bonchev–Trinajstić information content (AvgIpc) is 2.73. The van der Waals surface area contributed by atoms with Crippen LogP contribution in [0.5, 0.6) is 11.5 Å². The molecular formula is C21H21N3O3. The molecule has 1 heterocycles. The number of rotatable bonds is 7. The number of hydrogen-bond donors (Lipinski definition) is 1. The Labute approximate surface area is 158 Å². The minimum atomic E-state index is -0.0953. The van der Waals surface area contributed by atoms with E-state index >= 15 is 0 Å². The van der Waals surface area contributed by atoms with Gasteiger partial charge in [-0.3, -0.25) is 4.79 Å². The second-order valence-electron chi connectivity index (χ2n) is 5.90. The Bertz CT molecular complexity index is 914. The Balaban J connectivity index is 1.61. The zero-order chi connectivity index (χ0) is 19.1. The van der Waals surface area contributed by atoms with Crippen LogP contribution in [0.1, 0.15) is 11.3 Å². The maximum absolute atomic E-state index is 12.3. The summed E-state index contributed by atoms with van der Waals surface area (Å²) in [6.07, 6.45) is 1.76. The fourth-order valence-electron chi connectivity index (χ4n) is 2.69.